The molecule has 0 radical (unpaired) electrons. The van der Waals surface area contributed by atoms with Crippen LogP contribution in [-0.4, -0.2) is 39.6 Å². The van der Waals surface area contributed by atoms with E-state index in [1.807, 2.05) is 43.3 Å². The molecule has 126 valence electrons. The van der Waals surface area contributed by atoms with Crippen LogP contribution in [0.5, 0.6) is 0 Å². The molecule has 3 atom stereocenters. The van der Waals surface area contributed by atoms with Gasteiger partial charge in [0.05, 0.1) is 24.3 Å². The minimum absolute atomic E-state index is 0.189. The van der Waals surface area contributed by atoms with Crippen LogP contribution >= 0.6 is 0 Å². The maximum Gasteiger partial charge on any atom is 0.256 e. The third-order valence-electron chi connectivity index (χ3n) is 4.55. The number of rotatable bonds is 4. The van der Waals surface area contributed by atoms with E-state index in [0.717, 1.165) is 11.1 Å². The fourth-order valence-corrected chi connectivity index (χ4v) is 3.35. The van der Waals surface area contributed by atoms with Crippen LogP contribution in [-0.2, 0) is 0 Å². The van der Waals surface area contributed by atoms with Crippen LogP contribution < -0.4 is 0 Å². The van der Waals surface area contributed by atoms with Gasteiger partial charge in [0, 0.05) is 18.3 Å². The van der Waals surface area contributed by atoms with E-state index >= 15 is 0 Å². The molecule has 3 rings (SSSR count). The molecule has 1 aromatic carbocycles. The molecule has 1 amide bonds. The van der Waals surface area contributed by atoms with Gasteiger partial charge >= 0.3 is 0 Å². The lowest BCUT2D eigenvalue weighted by molar-refractivity contribution is -0.00588. The first-order chi connectivity index (χ1) is 12.2. The molecule has 1 saturated heterocycles. The zero-order valence-electron chi connectivity index (χ0n) is 13.9. The summed E-state index contributed by atoms with van der Waals surface area (Å²) >= 11 is 0. The highest BCUT2D eigenvalue weighted by molar-refractivity contribution is 5.95. The lowest BCUT2D eigenvalue weighted by atomic mass is 9.75. The molecule has 2 aromatic rings. The quantitative estimate of drug-likeness (QED) is 0.933. The Morgan fingerprint density at radius 2 is 2.12 bits per heavy atom. The number of carbonyl (C=O) groups excluding carboxylic acids is 1. The number of nitriles is 1. The van der Waals surface area contributed by atoms with E-state index in [1.165, 1.54) is 11.1 Å². The first-order valence-corrected chi connectivity index (χ1v) is 8.17. The molecule has 1 aromatic heterocycles. The van der Waals surface area contributed by atoms with Crippen molar-refractivity contribution in [3.8, 4) is 6.07 Å². The van der Waals surface area contributed by atoms with Crippen molar-refractivity contribution in [2.24, 2.45) is 0 Å². The topological polar surface area (TPSA) is 77.2 Å². The summed E-state index contributed by atoms with van der Waals surface area (Å²) in [5.41, 5.74) is 2.44. The largest absolute Gasteiger partial charge is 0.394 e. The maximum absolute atomic E-state index is 12.7. The van der Waals surface area contributed by atoms with Gasteiger partial charge in [0.25, 0.3) is 5.91 Å². The van der Waals surface area contributed by atoms with Gasteiger partial charge in [-0.2, -0.15) is 5.26 Å². The molecule has 1 fully saturated rings. The number of hydrogen-bond donors (Lipinski definition) is 1. The van der Waals surface area contributed by atoms with Crippen LogP contribution in [0.1, 0.15) is 34.3 Å². The average Bonchev–Trinajstić information content (AvgIpc) is 2.64. The van der Waals surface area contributed by atoms with E-state index in [0.29, 0.717) is 5.56 Å². The SMILES string of the molecule is C/C=C/c1ccc([C@@H]2[C@H](C#N)N(C(=O)c3cccnc3)[C@H]2CO)cc1. The smallest absolute Gasteiger partial charge is 0.256 e. The van der Waals surface area contributed by atoms with Crippen molar-refractivity contribution < 1.29 is 9.90 Å². The molecule has 0 unspecified atom stereocenters. The average molecular weight is 333 g/mol. The summed E-state index contributed by atoms with van der Waals surface area (Å²) in [6.45, 7) is 1.76. The number of aromatic nitrogens is 1. The zero-order valence-corrected chi connectivity index (χ0v) is 13.9. The van der Waals surface area contributed by atoms with Gasteiger partial charge in [0.2, 0.25) is 0 Å². The Kier molecular flexibility index (Phi) is 4.92. The highest BCUT2D eigenvalue weighted by atomic mass is 16.3. The number of benzene rings is 1. The second kappa shape index (κ2) is 7.29. The van der Waals surface area contributed by atoms with Crippen LogP contribution in [0.25, 0.3) is 6.08 Å². The van der Waals surface area contributed by atoms with Gasteiger partial charge in [-0.1, -0.05) is 36.4 Å². The molecule has 0 saturated carbocycles. The Hall–Kier alpha value is -2.97. The maximum atomic E-state index is 12.7. The summed E-state index contributed by atoms with van der Waals surface area (Å²) in [6, 6.07) is 12.4. The van der Waals surface area contributed by atoms with Crippen molar-refractivity contribution >= 4 is 12.0 Å². The number of carbonyl (C=O) groups is 1. The Morgan fingerprint density at radius 1 is 1.36 bits per heavy atom. The summed E-state index contributed by atoms with van der Waals surface area (Å²) in [5.74, 6) is -0.476. The first-order valence-electron chi connectivity index (χ1n) is 8.17. The first kappa shape index (κ1) is 16.9. The van der Waals surface area contributed by atoms with Crippen molar-refractivity contribution in [1.82, 2.24) is 9.88 Å². The van der Waals surface area contributed by atoms with Crippen molar-refractivity contribution in [1.29, 1.82) is 5.26 Å². The highest BCUT2D eigenvalue weighted by Crippen LogP contribution is 2.41. The molecular formula is C20H19N3O2. The monoisotopic (exact) mass is 333 g/mol. The molecule has 1 aliphatic heterocycles. The number of pyridine rings is 1. The number of aliphatic hydroxyl groups excluding tert-OH is 1. The van der Waals surface area contributed by atoms with Gasteiger partial charge < -0.3 is 10.0 Å². The molecule has 1 aliphatic rings. The van der Waals surface area contributed by atoms with E-state index in [2.05, 4.69) is 11.1 Å². The summed E-state index contributed by atoms with van der Waals surface area (Å²) in [4.78, 5) is 18.1. The molecule has 5 heteroatoms. The van der Waals surface area contributed by atoms with Crippen molar-refractivity contribution in [2.45, 2.75) is 24.9 Å². The molecular weight excluding hydrogens is 314 g/mol. The van der Waals surface area contributed by atoms with Gasteiger partial charge in [-0.15, -0.1) is 0 Å². The fourth-order valence-electron chi connectivity index (χ4n) is 3.35. The normalized spacial score (nSPS) is 22.4. The predicted octanol–water partition coefficient (Wildman–Crippen LogP) is 2.61. The summed E-state index contributed by atoms with van der Waals surface area (Å²) < 4.78 is 0. The van der Waals surface area contributed by atoms with Crippen molar-refractivity contribution in [3.63, 3.8) is 0 Å². The minimum atomic E-state index is -0.600. The summed E-state index contributed by atoms with van der Waals surface area (Å²) in [5, 5.41) is 19.4. The van der Waals surface area contributed by atoms with E-state index in [1.54, 1.807) is 18.3 Å². The van der Waals surface area contributed by atoms with Gasteiger partial charge in [0.15, 0.2) is 0 Å². The van der Waals surface area contributed by atoms with E-state index in [-0.39, 0.29) is 18.4 Å². The molecule has 1 N–H and O–H groups in total. The molecule has 5 nitrogen and oxygen atoms in total. The van der Waals surface area contributed by atoms with E-state index in [4.69, 9.17) is 0 Å². The molecule has 2 heterocycles. The predicted molar refractivity (Wildman–Crippen MR) is 94.6 cm³/mol. The number of likely N-dealkylation sites (tertiary alicyclic amines) is 1. The molecule has 0 aliphatic carbocycles. The van der Waals surface area contributed by atoms with E-state index in [9.17, 15) is 15.2 Å². The third kappa shape index (κ3) is 3.04. The highest BCUT2D eigenvalue weighted by Gasteiger charge is 2.51. The number of nitrogens with zero attached hydrogens (tertiary/aromatic N) is 3. The van der Waals surface area contributed by atoms with Crippen LogP contribution in [0.15, 0.2) is 54.9 Å². The Balaban J connectivity index is 1.87. The Morgan fingerprint density at radius 3 is 2.68 bits per heavy atom. The van der Waals surface area contributed by atoms with Crippen molar-refractivity contribution in [2.75, 3.05) is 6.61 Å². The molecule has 25 heavy (non-hydrogen) atoms. The van der Waals surface area contributed by atoms with Crippen LogP contribution in [0.3, 0.4) is 0 Å². The Labute approximate surface area is 146 Å². The Bertz CT molecular complexity index is 809. The fraction of sp³-hybridized carbons (Fsp3) is 0.250. The lowest BCUT2D eigenvalue weighted by Crippen LogP contribution is -2.65. The second-order valence-electron chi connectivity index (χ2n) is 5.97. The van der Waals surface area contributed by atoms with Gasteiger partial charge in [-0.3, -0.25) is 9.78 Å². The summed E-state index contributed by atoms with van der Waals surface area (Å²) in [6.07, 6.45) is 7.02. The van der Waals surface area contributed by atoms with Gasteiger partial charge in [-0.25, -0.2) is 0 Å². The van der Waals surface area contributed by atoms with Gasteiger partial charge in [-0.05, 0) is 30.2 Å². The number of aliphatic hydroxyl groups is 1. The standard InChI is InChI=1S/C20H19N3O2/c1-2-4-14-6-8-15(9-7-14)19-17(11-21)23(18(19)13-24)20(25)16-5-3-10-22-12-16/h2-10,12,17-19,24H,13H2,1H3/b4-2+/t17-,18-,19+/m0/s1. The second-order valence-corrected chi connectivity index (χ2v) is 5.97. The van der Waals surface area contributed by atoms with Crippen LogP contribution in [0.4, 0.5) is 0 Å². The third-order valence-corrected chi connectivity index (χ3v) is 4.55. The zero-order chi connectivity index (χ0) is 17.8. The van der Waals surface area contributed by atoms with Gasteiger partial charge in [0.1, 0.15) is 6.04 Å². The van der Waals surface area contributed by atoms with Crippen LogP contribution in [0.2, 0.25) is 0 Å². The van der Waals surface area contributed by atoms with Crippen LogP contribution in [0, 0.1) is 11.3 Å². The number of amides is 1. The number of allylic oxidation sites excluding steroid dienone is 1. The number of hydrogen-bond acceptors (Lipinski definition) is 4. The van der Waals surface area contributed by atoms with E-state index < -0.39 is 12.1 Å². The molecule has 0 bridgehead atoms. The summed E-state index contributed by atoms with van der Waals surface area (Å²) in [7, 11) is 0. The molecule has 0 spiro atoms. The van der Waals surface area contributed by atoms with Crippen molar-refractivity contribution in [3.05, 3.63) is 71.6 Å². The minimum Gasteiger partial charge on any atom is -0.394 e. The lowest BCUT2D eigenvalue weighted by Gasteiger charge is -2.51.